The molecule has 6 heteroatoms. The van der Waals surface area contributed by atoms with E-state index in [2.05, 4.69) is 4.98 Å². The second-order valence-corrected chi connectivity index (χ2v) is 5.79. The van der Waals surface area contributed by atoms with Gasteiger partial charge >= 0.3 is 5.97 Å². The minimum atomic E-state index is -0.969. The van der Waals surface area contributed by atoms with E-state index in [-0.39, 0.29) is 12.4 Å². The van der Waals surface area contributed by atoms with Gasteiger partial charge in [-0.15, -0.1) is 11.3 Å². The Balaban J connectivity index is 1.99. The fourth-order valence-electron chi connectivity index (χ4n) is 2.31. The lowest BCUT2D eigenvalue weighted by Gasteiger charge is -2.08. The van der Waals surface area contributed by atoms with Crippen LogP contribution in [0.5, 0.6) is 5.75 Å². The summed E-state index contributed by atoms with van der Waals surface area (Å²) in [4.78, 5) is 16.0. The molecule has 0 amide bonds. The Kier molecular flexibility index (Phi) is 4.88. The molecule has 2 aromatic carbocycles. The van der Waals surface area contributed by atoms with E-state index in [1.165, 1.54) is 11.3 Å². The molecule has 0 fully saturated rings. The number of aromatic nitrogens is 1. The fourth-order valence-corrected chi connectivity index (χ4v) is 3.16. The smallest absolute Gasteiger partial charge is 0.336 e. The number of carbonyl (C=O) groups is 1. The first-order chi connectivity index (χ1) is 11.7. The fraction of sp³-hybridized carbons (Fsp3) is 0.111. The standard InChI is InChI=1S/C18H15NO4S/c1-22-11-23-16-9-5-4-8-14(16)17-19-15(10-24-17)12-6-2-3-7-13(12)18(20)21/h2-10H,11H2,1H3,(H,20,21). The van der Waals surface area contributed by atoms with Crippen LogP contribution in [-0.2, 0) is 4.74 Å². The highest BCUT2D eigenvalue weighted by atomic mass is 32.1. The molecule has 0 bridgehead atoms. The third kappa shape index (κ3) is 3.29. The Morgan fingerprint density at radius 2 is 1.83 bits per heavy atom. The summed E-state index contributed by atoms with van der Waals surface area (Å²) in [5, 5.41) is 11.9. The SMILES string of the molecule is COCOc1ccccc1-c1nc(-c2ccccc2C(=O)O)cs1. The second kappa shape index (κ2) is 7.25. The quantitative estimate of drug-likeness (QED) is 0.682. The van der Waals surface area contributed by atoms with Crippen LogP contribution in [0.4, 0.5) is 0 Å². The van der Waals surface area contributed by atoms with Gasteiger partial charge in [-0.2, -0.15) is 0 Å². The average molecular weight is 341 g/mol. The van der Waals surface area contributed by atoms with Gasteiger partial charge in [0.2, 0.25) is 0 Å². The Morgan fingerprint density at radius 1 is 1.12 bits per heavy atom. The summed E-state index contributed by atoms with van der Waals surface area (Å²) in [5.41, 5.74) is 2.31. The number of benzene rings is 2. The molecule has 0 aliphatic carbocycles. The highest BCUT2D eigenvalue weighted by Gasteiger charge is 2.15. The number of carboxylic acids is 1. The molecule has 0 unspecified atom stereocenters. The van der Waals surface area contributed by atoms with Crippen LogP contribution in [0.1, 0.15) is 10.4 Å². The normalized spacial score (nSPS) is 10.5. The van der Waals surface area contributed by atoms with Gasteiger partial charge in [-0.25, -0.2) is 9.78 Å². The zero-order valence-electron chi connectivity index (χ0n) is 12.9. The van der Waals surface area contributed by atoms with E-state index in [1.807, 2.05) is 29.6 Å². The highest BCUT2D eigenvalue weighted by Crippen LogP contribution is 2.35. The van der Waals surface area contributed by atoms with E-state index in [0.29, 0.717) is 17.0 Å². The molecular formula is C18H15NO4S. The number of thiazole rings is 1. The van der Waals surface area contributed by atoms with Crippen molar-refractivity contribution in [1.29, 1.82) is 0 Å². The summed E-state index contributed by atoms with van der Waals surface area (Å²) in [7, 11) is 1.56. The summed E-state index contributed by atoms with van der Waals surface area (Å²) in [6, 6.07) is 14.4. The van der Waals surface area contributed by atoms with Gasteiger partial charge in [0, 0.05) is 18.1 Å². The average Bonchev–Trinajstić information content (AvgIpc) is 3.10. The number of methoxy groups -OCH3 is 1. The maximum Gasteiger partial charge on any atom is 0.336 e. The first kappa shape index (κ1) is 16.2. The number of nitrogens with zero attached hydrogens (tertiary/aromatic N) is 1. The molecule has 1 heterocycles. The van der Waals surface area contributed by atoms with Crippen molar-refractivity contribution in [2.75, 3.05) is 13.9 Å². The topological polar surface area (TPSA) is 68.7 Å². The summed E-state index contributed by atoms with van der Waals surface area (Å²) in [5.74, 6) is -0.296. The third-order valence-electron chi connectivity index (χ3n) is 3.39. The number of para-hydroxylation sites is 1. The Hall–Kier alpha value is -2.70. The Labute approximate surface area is 143 Å². The number of rotatable bonds is 6. The molecule has 0 radical (unpaired) electrons. The lowest BCUT2D eigenvalue weighted by Crippen LogP contribution is -2.00. The minimum Gasteiger partial charge on any atom is -0.478 e. The molecule has 0 saturated carbocycles. The maximum absolute atomic E-state index is 11.4. The monoisotopic (exact) mass is 341 g/mol. The third-order valence-corrected chi connectivity index (χ3v) is 4.26. The first-order valence-corrected chi connectivity index (χ1v) is 8.08. The molecule has 122 valence electrons. The van der Waals surface area contributed by atoms with E-state index in [4.69, 9.17) is 9.47 Å². The van der Waals surface area contributed by atoms with E-state index >= 15 is 0 Å². The highest BCUT2D eigenvalue weighted by molar-refractivity contribution is 7.13. The first-order valence-electron chi connectivity index (χ1n) is 7.20. The maximum atomic E-state index is 11.4. The van der Waals surface area contributed by atoms with Crippen LogP contribution in [0, 0.1) is 0 Å². The van der Waals surface area contributed by atoms with E-state index < -0.39 is 5.97 Å². The molecule has 3 aromatic rings. The lowest BCUT2D eigenvalue weighted by molar-refractivity contribution is 0.0515. The predicted molar refractivity (Wildman–Crippen MR) is 92.4 cm³/mol. The number of hydrogen-bond acceptors (Lipinski definition) is 5. The van der Waals surface area contributed by atoms with Crippen molar-refractivity contribution in [3.05, 3.63) is 59.5 Å². The van der Waals surface area contributed by atoms with Gasteiger partial charge in [0.05, 0.1) is 16.8 Å². The lowest BCUT2D eigenvalue weighted by atomic mass is 10.1. The number of carboxylic acid groups (broad SMARTS) is 1. The molecule has 0 aliphatic heterocycles. The van der Waals surface area contributed by atoms with Gasteiger partial charge in [0.1, 0.15) is 10.8 Å². The van der Waals surface area contributed by atoms with Crippen LogP contribution in [0.25, 0.3) is 21.8 Å². The van der Waals surface area contributed by atoms with Crippen LogP contribution in [0.2, 0.25) is 0 Å². The largest absolute Gasteiger partial charge is 0.478 e. The van der Waals surface area contributed by atoms with E-state index in [0.717, 1.165) is 10.6 Å². The van der Waals surface area contributed by atoms with Crippen molar-refractivity contribution in [2.24, 2.45) is 0 Å². The molecule has 0 saturated heterocycles. The van der Waals surface area contributed by atoms with Crippen molar-refractivity contribution in [3.63, 3.8) is 0 Å². The van der Waals surface area contributed by atoms with Crippen LogP contribution >= 0.6 is 11.3 Å². The zero-order chi connectivity index (χ0) is 16.9. The molecule has 0 aliphatic rings. The predicted octanol–water partition coefficient (Wildman–Crippen LogP) is 4.16. The molecule has 5 nitrogen and oxygen atoms in total. The van der Waals surface area contributed by atoms with Crippen molar-refractivity contribution in [2.45, 2.75) is 0 Å². The van der Waals surface area contributed by atoms with Gasteiger partial charge in [-0.3, -0.25) is 0 Å². The van der Waals surface area contributed by atoms with Crippen LogP contribution in [-0.4, -0.2) is 30.0 Å². The van der Waals surface area contributed by atoms with Crippen molar-refractivity contribution in [1.82, 2.24) is 4.98 Å². The van der Waals surface area contributed by atoms with Crippen LogP contribution in [0.3, 0.4) is 0 Å². The Bertz CT molecular complexity index is 859. The zero-order valence-corrected chi connectivity index (χ0v) is 13.7. The minimum absolute atomic E-state index is 0.150. The molecule has 3 rings (SSSR count). The van der Waals surface area contributed by atoms with Gasteiger partial charge in [-0.1, -0.05) is 30.3 Å². The molecule has 1 aromatic heterocycles. The van der Waals surface area contributed by atoms with Crippen LogP contribution < -0.4 is 4.74 Å². The number of aromatic carboxylic acids is 1. The van der Waals surface area contributed by atoms with Gasteiger partial charge < -0.3 is 14.6 Å². The number of hydrogen-bond donors (Lipinski definition) is 1. The second-order valence-electron chi connectivity index (χ2n) is 4.94. The summed E-state index contributed by atoms with van der Waals surface area (Å²) < 4.78 is 10.5. The molecule has 0 spiro atoms. The summed E-state index contributed by atoms with van der Waals surface area (Å²) >= 11 is 1.44. The molecule has 24 heavy (non-hydrogen) atoms. The molecular weight excluding hydrogens is 326 g/mol. The number of ether oxygens (including phenoxy) is 2. The van der Waals surface area contributed by atoms with Crippen molar-refractivity contribution < 1.29 is 19.4 Å². The van der Waals surface area contributed by atoms with Gasteiger partial charge in [0.25, 0.3) is 0 Å². The summed E-state index contributed by atoms with van der Waals surface area (Å²) in [6.45, 7) is 0.150. The van der Waals surface area contributed by atoms with Crippen molar-refractivity contribution >= 4 is 17.3 Å². The van der Waals surface area contributed by atoms with E-state index in [9.17, 15) is 9.90 Å². The molecule has 1 N–H and O–H groups in total. The van der Waals surface area contributed by atoms with Gasteiger partial charge in [0.15, 0.2) is 6.79 Å². The Morgan fingerprint density at radius 3 is 2.58 bits per heavy atom. The van der Waals surface area contributed by atoms with Crippen molar-refractivity contribution in [3.8, 4) is 27.6 Å². The van der Waals surface area contributed by atoms with Crippen LogP contribution in [0.15, 0.2) is 53.9 Å². The van der Waals surface area contributed by atoms with Gasteiger partial charge in [-0.05, 0) is 18.2 Å². The molecule has 0 atom stereocenters. The van der Waals surface area contributed by atoms with E-state index in [1.54, 1.807) is 31.4 Å². The summed E-state index contributed by atoms with van der Waals surface area (Å²) in [6.07, 6.45) is 0.